The summed E-state index contributed by atoms with van der Waals surface area (Å²) in [6.07, 6.45) is -4.75. The van der Waals surface area contributed by atoms with Crippen LogP contribution < -0.4 is 0 Å². The van der Waals surface area contributed by atoms with Gasteiger partial charge in [0.15, 0.2) is 6.10 Å². The highest BCUT2D eigenvalue weighted by Crippen LogP contribution is 2.45. The van der Waals surface area contributed by atoms with E-state index in [0.717, 1.165) is 0 Å². The normalized spacial score (nSPS) is 40.7. The second-order valence-corrected chi connectivity index (χ2v) is 4.47. The molecule has 3 atom stereocenters. The average Bonchev–Trinajstić information content (AvgIpc) is 2.26. The topological polar surface area (TPSA) is 124 Å². The van der Waals surface area contributed by atoms with Crippen LogP contribution >= 0.6 is 0 Å². The number of rotatable bonds is 2. The first-order chi connectivity index (χ1) is 6.58. The summed E-state index contributed by atoms with van der Waals surface area (Å²) in [5, 5.41) is 22.0. The number of hydrogen-bond acceptors (Lipinski definition) is 6. The van der Waals surface area contributed by atoms with Gasteiger partial charge in [-0.05, 0) is 0 Å². The van der Waals surface area contributed by atoms with E-state index in [0.29, 0.717) is 0 Å². The Morgan fingerprint density at radius 1 is 1.40 bits per heavy atom. The second kappa shape index (κ2) is 3.30. The fraction of sp³-hybridized carbons (Fsp3) is 1.00. The lowest BCUT2D eigenvalue weighted by molar-refractivity contribution is -0.233. The number of aliphatic hydroxyl groups excluding tert-OH is 2. The Kier molecular flexibility index (Phi) is 2.79. The van der Waals surface area contributed by atoms with Gasteiger partial charge in [0.2, 0.25) is 0 Å². The molecule has 4 N–H and O–H groups in total. The summed E-state index contributed by atoms with van der Waals surface area (Å²) < 4.78 is 59.3. The van der Waals surface area contributed by atoms with Crippen molar-refractivity contribution < 1.29 is 41.8 Å². The van der Waals surface area contributed by atoms with E-state index in [1.165, 1.54) is 0 Å². The van der Waals surface area contributed by atoms with Crippen molar-refractivity contribution in [2.75, 3.05) is 6.61 Å². The summed E-state index contributed by atoms with van der Waals surface area (Å²) in [6.45, 7) is -1.14. The molecular weight excluding hydrogens is 242 g/mol. The average molecular weight is 250 g/mol. The lowest BCUT2D eigenvalue weighted by atomic mass is 10.1. The van der Waals surface area contributed by atoms with Crippen molar-refractivity contribution in [1.82, 2.24) is 0 Å². The van der Waals surface area contributed by atoms with Gasteiger partial charge in [0.1, 0.15) is 6.10 Å². The molecule has 10 heteroatoms. The first kappa shape index (κ1) is 12.7. The number of aliphatic hydroxyl groups is 3. The summed E-state index contributed by atoms with van der Waals surface area (Å²) in [5.74, 6) is -4.64. The Bertz CT molecular complexity index is 354. The van der Waals surface area contributed by atoms with E-state index in [1.807, 2.05) is 0 Å². The lowest BCUT2D eigenvalue weighted by Crippen LogP contribution is -2.54. The largest absolute Gasteiger partial charge is 0.394 e. The van der Waals surface area contributed by atoms with Gasteiger partial charge in [-0.1, -0.05) is 0 Å². The molecule has 0 radical (unpaired) electrons. The van der Waals surface area contributed by atoms with Crippen molar-refractivity contribution in [3.63, 3.8) is 0 Å². The predicted molar refractivity (Wildman–Crippen MR) is 39.4 cm³/mol. The van der Waals surface area contributed by atoms with E-state index < -0.39 is 40.0 Å². The van der Waals surface area contributed by atoms with Gasteiger partial charge >= 0.3 is 21.2 Å². The van der Waals surface area contributed by atoms with E-state index >= 15 is 0 Å². The molecule has 0 aromatic heterocycles. The molecule has 0 amide bonds. The van der Waals surface area contributed by atoms with Gasteiger partial charge in [-0.2, -0.15) is 17.2 Å². The molecule has 1 aliphatic rings. The Labute approximate surface area is 82.6 Å². The van der Waals surface area contributed by atoms with Crippen LogP contribution in [0.3, 0.4) is 0 Å². The number of halogens is 2. The lowest BCUT2D eigenvalue weighted by Gasteiger charge is -2.24. The van der Waals surface area contributed by atoms with E-state index in [4.69, 9.17) is 19.9 Å². The van der Waals surface area contributed by atoms with Crippen LogP contribution in [0.25, 0.3) is 0 Å². The fourth-order valence-electron chi connectivity index (χ4n) is 1.14. The highest BCUT2D eigenvalue weighted by atomic mass is 32.2. The molecule has 1 fully saturated rings. The Morgan fingerprint density at radius 3 is 2.07 bits per heavy atom. The van der Waals surface area contributed by atoms with Crippen LogP contribution in [0.5, 0.6) is 0 Å². The zero-order valence-electron chi connectivity index (χ0n) is 7.04. The van der Waals surface area contributed by atoms with Crippen LogP contribution in [0.2, 0.25) is 0 Å². The third kappa shape index (κ3) is 1.53. The third-order valence-corrected chi connectivity index (χ3v) is 3.05. The Balaban J connectivity index is 3.25. The van der Waals surface area contributed by atoms with Crippen molar-refractivity contribution in [1.29, 1.82) is 0 Å². The smallest absolute Gasteiger partial charge is 0.366 e. The van der Waals surface area contributed by atoms with Crippen LogP contribution in [0.4, 0.5) is 8.78 Å². The second-order valence-electron chi connectivity index (χ2n) is 2.96. The molecule has 7 nitrogen and oxygen atoms in total. The van der Waals surface area contributed by atoms with E-state index in [9.17, 15) is 17.2 Å². The van der Waals surface area contributed by atoms with Gasteiger partial charge in [0, 0.05) is 0 Å². The fourth-order valence-corrected chi connectivity index (χ4v) is 1.85. The first-order valence-electron chi connectivity index (χ1n) is 3.62. The van der Waals surface area contributed by atoms with Crippen molar-refractivity contribution >= 4 is 10.1 Å². The van der Waals surface area contributed by atoms with Crippen LogP contribution in [0.1, 0.15) is 0 Å². The van der Waals surface area contributed by atoms with Gasteiger partial charge in [-0.3, -0.25) is 4.55 Å². The maximum absolute atomic E-state index is 13.0. The summed E-state index contributed by atoms with van der Waals surface area (Å²) in [6, 6.07) is 0. The number of hydrogen-bond donors (Lipinski definition) is 4. The standard InChI is InChI=1S/C5H8F2O7S/c6-4(7)3(9)2(1-8)14-5(4,10)15(11,12)13/h2-3,8-10H,1H2,(H,11,12,13)/t2-,3-,5-/m1/s1. The SMILES string of the molecule is O=S(=O)(O)[C@]1(O)O[C@H](CO)[C@@H](O)C1(F)F. The Morgan fingerprint density at radius 2 is 1.87 bits per heavy atom. The summed E-state index contributed by atoms with van der Waals surface area (Å²) in [5.41, 5.74) is 0. The number of alkyl halides is 2. The molecule has 90 valence electrons. The minimum atomic E-state index is -5.67. The van der Waals surface area contributed by atoms with Crippen molar-refractivity contribution in [3.8, 4) is 0 Å². The molecule has 1 heterocycles. The Hall–Kier alpha value is -0.390. The summed E-state index contributed by atoms with van der Waals surface area (Å²) >= 11 is 0. The maximum atomic E-state index is 13.0. The first-order valence-corrected chi connectivity index (χ1v) is 5.06. The van der Waals surface area contributed by atoms with E-state index in [-0.39, 0.29) is 0 Å². The van der Waals surface area contributed by atoms with Crippen molar-refractivity contribution in [3.05, 3.63) is 0 Å². The molecule has 15 heavy (non-hydrogen) atoms. The van der Waals surface area contributed by atoms with Gasteiger partial charge in [-0.25, -0.2) is 0 Å². The predicted octanol–water partition coefficient (Wildman–Crippen LogP) is -2.09. The quantitative estimate of drug-likeness (QED) is 0.414. The third-order valence-electron chi connectivity index (χ3n) is 1.99. The zero-order chi connectivity index (χ0) is 12.1. The summed E-state index contributed by atoms with van der Waals surface area (Å²) in [7, 11) is -5.67. The minimum Gasteiger partial charge on any atom is -0.394 e. The van der Waals surface area contributed by atoms with Crippen LogP contribution in [0.15, 0.2) is 0 Å². The molecule has 0 aromatic carbocycles. The summed E-state index contributed by atoms with van der Waals surface area (Å²) in [4.78, 5) is 0. The molecular formula is C5H8F2O7S. The molecule has 0 spiro atoms. The van der Waals surface area contributed by atoms with Gasteiger partial charge < -0.3 is 20.1 Å². The van der Waals surface area contributed by atoms with Crippen LogP contribution in [-0.2, 0) is 14.9 Å². The monoisotopic (exact) mass is 250 g/mol. The molecule has 0 saturated carbocycles. The highest BCUT2D eigenvalue weighted by molar-refractivity contribution is 7.87. The van der Waals surface area contributed by atoms with Gasteiger partial charge in [0.25, 0.3) is 0 Å². The van der Waals surface area contributed by atoms with Gasteiger partial charge in [0.05, 0.1) is 6.61 Å². The molecule has 1 aliphatic heterocycles. The molecule has 1 rings (SSSR count). The highest BCUT2D eigenvalue weighted by Gasteiger charge is 2.74. The number of ether oxygens (including phenoxy) is 1. The maximum Gasteiger partial charge on any atom is 0.366 e. The van der Waals surface area contributed by atoms with Crippen LogP contribution in [-0.4, -0.2) is 58.1 Å². The molecule has 0 aliphatic carbocycles. The van der Waals surface area contributed by atoms with Crippen LogP contribution in [0, 0.1) is 0 Å². The zero-order valence-corrected chi connectivity index (χ0v) is 7.86. The molecule has 0 unspecified atom stereocenters. The van der Waals surface area contributed by atoms with Crippen molar-refractivity contribution in [2.45, 2.75) is 23.2 Å². The molecule has 1 saturated heterocycles. The minimum absolute atomic E-state index is 1.14. The van der Waals surface area contributed by atoms with E-state index in [2.05, 4.69) is 4.74 Å². The van der Waals surface area contributed by atoms with E-state index in [1.54, 1.807) is 0 Å². The van der Waals surface area contributed by atoms with Gasteiger partial charge in [-0.15, -0.1) is 0 Å². The molecule has 0 aromatic rings. The van der Waals surface area contributed by atoms with Crippen molar-refractivity contribution in [2.24, 2.45) is 0 Å². The molecule has 0 bridgehead atoms.